The van der Waals surface area contributed by atoms with Gasteiger partial charge in [-0.25, -0.2) is 0 Å². The lowest BCUT2D eigenvalue weighted by Crippen LogP contribution is -2.59. The van der Waals surface area contributed by atoms with Crippen molar-refractivity contribution in [3.8, 4) is 0 Å². The first-order valence-electron chi connectivity index (χ1n) is 17.7. The summed E-state index contributed by atoms with van der Waals surface area (Å²) < 4.78 is 37.2. The number of methoxy groups -OCH3 is 1. The highest BCUT2D eigenvalue weighted by molar-refractivity contribution is 5.88. The molecule has 0 radical (unpaired) electrons. The Bertz CT molecular complexity index is 1160. The molecule has 0 amide bonds. The Morgan fingerprint density at radius 2 is 1.55 bits per heavy atom. The molecule has 0 saturated carbocycles. The van der Waals surface area contributed by atoms with Crippen LogP contribution >= 0.6 is 0 Å². The second kappa shape index (κ2) is 16.3. The molecule has 0 aromatic heterocycles. The minimum Gasteiger partial charge on any atom is -0.459 e. The first-order valence-corrected chi connectivity index (χ1v) is 17.7. The van der Waals surface area contributed by atoms with Gasteiger partial charge in [0.2, 0.25) is 0 Å². The lowest BCUT2D eigenvalue weighted by molar-refractivity contribution is -0.306. The van der Waals surface area contributed by atoms with Crippen LogP contribution in [0.15, 0.2) is 17.3 Å². The summed E-state index contributed by atoms with van der Waals surface area (Å²) in [6.45, 7) is 19.5. The zero-order valence-electron chi connectivity index (χ0n) is 31.4. The van der Waals surface area contributed by atoms with Crippen molar-refractivity contribution in [2.75, 3.05) is 7.11 Å². The van der Waals surface area contributed by atoms with Crippen LogP contribution in [0.1, 0.15) is 95.4 Å². The maximum absolute atomic E-state index is 14.1. The van der Waals surface area contributed by atoms with Crippen LogP contribution in [-0.4, -0.2) is 117 Å². The summed E-state index contributed by atoms with van der Waals surface area (Å²) in [6.07, 6.45) is -5.02. The van der Waals surface area contributed by atoms with Gasteiger partial charge in [-0.3, -0.25) is 4.79 Å². The van der Waals surface area contributed by atoms with Crippen LogP contribution in [0.25, 0.3) is 0 Å². The van der Waals surface area contributed by atoms with E-state index in [1.807, 2.05) is 34.6 Å². The SMILES string of the molecule is CC[C@H]1OC(=O)[C@H](C)[C@@H](OC2C[C@@](C)(OC)[C@@H](O)[C@H](C)O2)[C@H](C)[C@@H](OC2O[C@H](C)C=C[C@H]2O)C(C)(C)C[C@@H](C)/C(=N/O)[C@H](C)[C@@H](O)[C@]1(C)O. The predicted molar refractivity (Wildman–Crippen MR) is 181 cm³/mol. The normalized spacial score (nSPS) is 48.2. The number of rotatable bonds is 6. The average Bonchev–Trinajstić information content (AvgIpc) is 3.03. The van der Waals surface area contributed by atoms with E-state index in [0.717, 1.165) is 0 Å². The van der Waals surface area contributed by atoms with Crippen LogP contribution in [0, 0.1) is 29.1 Å². The quantitative estimate of drug-likeness (QED) is 0.118. The third-order valence-corrected chi connectivity index (χ3v) is 11.2. The molecule has 0 spiro atoms. The average molecular weight is 702 g/mol. The van der Waals surface area contributed by atoms with Crippen LogP contribution in [0.5, 0.6) is 0 Å². The van der Waals surface area contributed by atoms with Gasteiger partial charge in [0.1, 0.15) is 23.9 Å². The lowest BCUT2D eigenvalue weighted by atomic mass is 9.69. The van der Waals surface area contributed by atoms with Gasteiger partial charge in [-0.1, -0.05) is 58.9 Å². The summed E-state index contributed by atoms with van der Waals surface area (Å²) in [5.41, 5.74) is -3.39. The van der Waals surface area contributed by atoms with Gasteiger partial charge in [0.05, 0.1) is 47.8 Å². The number of carbonyl (C=O) groups is 1. The van der Waals surface area contributed by atoms with E-state index in [9.17, 15) is 30.4 Å². The molecule has 13 heteroatoms. The number of aliphatic hydroxyl groups excluding tert-OH is 3. The smallest absolute Gasteiger partial charge is 0.311 e. The Morgan fingerprint density at radius 1 is 0.918 bits per heavy atom. The number of oxime groups is 1. The van der Waals surface area contributed by atoms with E-state index in [2.05, 4.69) is 5.16 Å². The highest BCUT2D eigenvalue weighted by Gasteiger charge is 2.52. The van der Waals surface area contributed by atoms with Crippen molar-refractivity contribution in [2.45, 2.75) is 168 Å². The number of cyclic esters (lactones) is 1. The van der Waals surface area contributed by atoms with Gasteiger partial charge in [-0.05, 0) is 58.8 Å². The molecule has 3 aliphatic rings. The predicted octanol–water partition coefficient (Wildman–Crippen LogP) is 3.56. The number of ether oxygens (including phenoxy) is 6. The fourth-order valence-corrected chi connectivity index (χ4v) is 8.12. The highest BCUT2D eigenvalue weighted by atomic mass is 16.7. The number of aliphatic hydroxyl groups is 4. The first-order chi connectivity index (χ1) is 22.6. The summed E-state index contributed by atoms with van der Waals surface area (Å²) in [4.78, 5) is 14.1. The number of hydrogen-bond acceptors (Lipinski definition) is 13. The zero-order chi connectivity index (χ0) is 37.2. The van der Waals surface area contributed by atoms with Crippen molar-refractivity contribution in [1.82, 2.24) is 0 Å². The topological polar surface area (TPSA) is 186 Å². The molecule has 0 aliphatic carbocycles. The van der Waals surface area contributed by atoms with Crippen molar-refractivity contribution in [3.63, 3.8) is 0 Å². The van der Waals surface area contributed by atoms with Gasteiger partial charge in [0.25, 0.3) is 0 Å². The molecule has 3 rings (SSSR count). The second-order valence-electron chi connectivity index (χ2n) is 15.7. The Hall–Kier alpha value is -1.68. The van der Waals surface area contributed by atoms with Gasteiger partial charge in [0, 0.05) is 25.4 Å². The minimum absolute atomic E-state index is 0.158. The Balaban J connectivity index is 2.18. The molecule has 284 valence electrons. The molecule has 13 nitrogen and oxygen atoms in total. The molecule has 16 atom stereocenters. The number of hydrogen-bond donors (Lipinski definition) is 5. The molecular formula is C36H63NO12. The molecule has 5 N–H and O–H groups in total. The number of carbonyl (C=O) groups excluding carboxylic acids is 1. The summed E-state index contributed by atoms with van der Waals surface area (Å²) in [5, 5.41) is 58.7. The van der Waals surface area contributed by atoms with Crippen LogP contribution in [0.3, 0.4) is 0 Å². The van der Waals surface area contributed by atoms with E-state index < -0.39 is 102 Å². The second-order valence-corrected chi connectivity index (χ2v) is 15.7. The summed E-state index contributed by atoms with van der Waals surface area (Å²) in [6, 6.07) is 0. The van der Waals surface area contributed by atoms with E-state index in [1.54, 1.807) is 46.8 Å². The molecule has 2 unspecified atom stereocenters. The van der Waals surface area contributed by atoms with Gasteiger partial charge in [-0.15, -0.1) is 0 Å². The maximum atomic E-state index is 14.1. The standard InChI is InChI=1S/C36H63NO12/c1-13-25-36(11,42)29(39)20(4)27(37-43)18(2)16-34(8,9)31(49-33-24(38)15-14-19(3)45-33)21(5)28(22(6)32(41)47-25)48-26-17-35(10,44-12)30(40)23(7)46-26/h14-15,18-26,28-31,33,38-40,42-43H,13,16-17H2,1-12H3/b37-27-/t18-,19-,20+,21+,22-,23+,24-,25-,26?,28+,29-,30+,31-,33?,35-,36-/m1/s1. The Labute approximate surface area is 291 Å². The molecule has 0 aromatic rings. The van der Waals surface area contributed by atoms with E-state index in [-0.39, 0.29) is 24.7 Å². The maximum Gasteiger partial charge on any atom is 0.311 e. The molecule has 2 fully saturated rings. The molecule has 3 heterocycles. The fraction of sp³-hybridized carbons (Fsp3) is 0.889. The van der Waals surface area contributed by atoms with Gasteiger partial charge in [-0.2, -0.15) is 0 Å². The zero-order valence-corrected chi connectivity index (χ0v) is 31.4. The number of nitrogens with zero attached hydrogens (tertiary/aromatic N) is 1. The third-order valence-electron chi connectivity index (χ3n) is 11.2. The Kier molecular flexibility index (Phi) is 13.9. The van der Waals surface area contributed by atoms with E-state index >= 15 is 0 Å². The number of esters is 1. The minimum atomic E-state index is -1.90. The monoisotopic (exact) mass is 701 g/mol. The summed E-state index contributed by atoms with van der Waals surface area (Å²) >= 11 is 0. The molecule has 3 aliphatic heterocycles. The largest absolute Gasteiger partial charge is 0.459 e. The molecule has 49 heavy (non-hydrogen) atoms. The van der Waals surface area contributed by atoms with Crippen LogP contribution < -0.4 is 0 Å². The first kappa shape index (κ1) is 41.7. The van der Waals surface area contributed by atoms with E-state index in [0.29, 0.717) is 6.42 Å². The van der Waals surface area contributed by atoms with Crippen LogP contribution in [0.2, 0.25) is 0 Å². The molecular weight excluding hydrogens is 638 g/mol. The summed E-state index contributed by atoms with van der Waals surface area (Å²) in [5.74, 6) is -3.42. The van der Waals surface area contributed by atoms with Gasteiger partial charge >= 0.3 is 5.97 Å². The van der Waals surface area contributed by atoms with E-state index in [1.165, 1.54) is 14.0 Å². The highest BCUT2D eigenvalue weighted by Crippen LogP contribution is 2.43. The van der Waals surface area contributed by atoms with Crippen LogP contribution in [0.4, 0.5) is 0 Å². The molecule has 2 saturated heterocycles. The third kappa shape index (κ3) is 9.04. The van der Waals surface area contributed by atoms with Crippen molar-refractivity contribution < 1.29 is 58.8 Å². The molecule has 0 bridgehead atoms. The van der Waals surface area contributed by atoms with Crippen molar-refractivity contribution in [2.24, 2.45) is 34.2 Å². The fourth-order valence-electron chi connectivity index (χ4n) is 8.12. The van der Waals surface area contributed by atoms with Gasteiger partial charge < -0.3 is 54.1 Å². The van der Waals surface area contributed by atoms with Crippen molar-refractivity contribution in [3.05, 3.63) is 12.2 Å². The summed E-state index contributed by atoms with van der Waals surface area (Å²) in [7, 11) is 1.51. The van der Waals surface area contributed by atoms with Crippen molar-refractivity contribution >= 4 is 11.7 Å². The Morgan fingerprint density at radius 3 is 2.12 bits per heavy atom. The molecule has 0 aromatic carbocycles. The van der Waals surface area contributed by atoms with Crippen LogP contribution in [-0.2, 0) is 33.2 Å². The van der Waals surface area contributed by atoms with E-state index in [4.69, 9.17) is 28.4 Å². The van der Waals surface area contributed by atoms with Gasteiger partial charge in [0.15, 0.2) is 12.6 Å². The lowest BCUT2D eigenvalue weighted by Gasteiger charge is -2.48. The van der Waals surface area contributed by atoms with Crippen molar-refractivity contribution in [1.29, 1.82) is 0 Å².